The highest BCUT2D eigenvalue weighted by Crippen LogP contribution is 2.25. The summed E-state index contributed by atoms with van der Waals surface area (Å²) >= 11 is 0. The second-order valence-corrected chi connectivity index (χ2v) is 8.84. The molecule has 6 nitrogen and oxygen atoms in total. The second-order valence-electron chi connectivity index (χ2n) is 8.84. The maximum atomic E-state index is 10.9. The molecule has 3 aromatic rings. The van der Waals surface area contributed by atoms with Gasteiger partial charge in [-0.25, -0.2) is 4.98 Å². The van der Waals surface area contributed by atoms with Crippen LogP contribution in [0.5, 0.6) is 0 Å². The molecule has 4 rings (SSSR count). The molecule has 6 heteroatoms. The maximum Gasteiger partial charge on any atom is 0.168 e. The monoisotopic (exact) mass is 408 g/mol. The maximum absolute atomic E-state index is 10.9. The molecule has 2 aromatic heterocycles. The lowest BCUT2D eigenvalue weighted by Gasteiger charge is -2.15. The lowest BCUT2D eigenvalue weighted by molar-refractivity contribution is 0.111. The van der Waals surface area contributed by atoms with E-state index in [9.17, 15) is 9.90 Å². The Morgan fingerprint density at radius 1 is 1.27 bits per heavy atom. The van der Waals surface area contributed by atoms with Gasteiger partial charge in [0.05, 0.1) is 11.8 Å². The summed E-state index contributed by atoms with van der Waals surface area (Å²) in [5, 5.41) is 13.9. The number of aromatic nitrogens is 2. The Hall–Kier alpha value is -2.54. The van der Waals surface area contributed by atoms with E-state index >= 15 is 0 Å². The molecule has 0 amide bonds. The third-order valence-corrected chi connectivity index (χ3v) is 5.26. The average Bonchev–Trinajstić information content (AvgIpc) is 3.32. The highest BCUT2D eigenvalue weighted by atomic mass is 16.3. The molecule has 3 N–H and O–H groups in total. The van der Waals surface area contributed by atoms with Crippen molar-refractivity contribution in [1.82, 2.24) is 20.2 Å². The van der Waals surface area contributed by atoms with Crippen LogP contribution in [-0.4, -0.2) is 58.0 Å². The number of carbonyl (C=O) groups excluding carboxylic acids is 1. The molecule has 1 atom stereocenters. The van der Waals surface area contributed by atoms with E-state index in [4.69, 9.17) is 0 Å². The largest absolute Gasteiger partial charge is 0.392 e. The number of aromatic amines is 1. The molecule has 160 valence electrons. The zero-order valence-corrected chi connectivity index (χ0v) is 18.3. The molecule has 1 aromatic carbocycles. The number of benzene rings is 1. The van der Waals surface area contributed by atoms with Crippen molar-refractivity contribution in [3.63, 3.8) is 0 Å². The Bertz CT molecular complexity index is 990. The highest BCUT2D eigenvalue weighted by Gasteiger charge is 2.20. The van der Waals surface area contributed by atoms with Crippen LogP contribution >= 0.6 is 0 Å². The molecule has 1 unspecified atom stereocenters. The summed E-state index contributed by atoms with van der Waals surface area (Å²) in [5.41, 5.74) is 4.75. The number of nitrogens with one attached hydrogen (secondary N) is 2. The second kappa shape index (κ2) is 9.51. The molecule has 0 radical (unpaired) electrons. The fourth-order valence-corrected chi connectivity index (χ4v) is 3.31. The molecule has 1 saturated heterocycles. The van der Waals surface area contributed by atoms with E-state index in [0.717, 1.165) is 60.2 Å². The van der Waals surface area contributed by atoms with Gasteiger partial charge < -0.3 is 15.4 Å². The van der Waals surface area contributed by atoms with E-state index in [0.29, 0.717) is 11.2 Å². The fourth-order valence-electron chi connectivity index (χ4n) is 3.31. The number of carbonyl (C=O) groups is 1. The van der Waals surface area contributed by atoms with Gasteiger partial charge in [-0.05, 0) is 64.6 Å². The molecular formula is C24H32N4O2. The summed E-state index contributed by atoms with van der Waals surface area (Å²) < 4.78 is 0. The van der Waals surface area contributed by atoms with Gasteiger partial charge in [-0.15, -0.1) is 0 Å². The van der Waals surface area contributed by atoms with Crippen LogP contribution in [0.2, 0.25) is 0 Å². The zero-order valence-electron chi connectivity index (χ0n) is 18.3. The van der Waals surface area contributed by atoms with Gasteiger partial charge in [-0.3, -0.25) is 9.69 Å². The number of likely N-dealkylation sites (tertiary alicyclic amines) is 1. The molecule has 0 saturated carbocycles. The van der Waals surface area contributed by atoms with Crippen LogP contribution in [0.1, 0.15) is 43.4 Å². The first kappa shape index (κ1) is 22.2. The first-order chi connectivity index (χ1) is 14.3. The molecular weight excluding hydrogens is 376 g/mol. The van der Waals surface area contributed by atoms with Gasteiger partial charge >= 0.3 is 0 Å². The van der Waals surface area contributed by atoms with Crippen LogP contribution in [0.4, 0.5) is 0 Å². The van der Waals surface area contributed by atoms with E-state index in [1.54, 1.807) is 6.07 Å². The number of H-pyrrole nitrogens is 1. The number of hydrogen-bond donors (Lipinski definition) is 3. The SMILES string of the molecule is CNC(C)(C)C.O=Cc1cccc(-c2ccc3[nH]c(CN4CCC(O)C4)cc3c2)n1. The molecule has 1 fully saturated rings. The molecule has 0 bridgehead atoms. The summed E-state index contributed by atoms with van der Waals surface area (Å²) in [5.74, 6) is 0. The van der Waals surface area contributed by atoms with Crippen molar-refractivity contribution in [2.75, 3.05) is 20.1 Å². The van der Waals surface area contributed by atoms with E-state index < -0.39 is 0 Å². The van der Waals surface area contributed by atoms with Gasteiger partial charge in [0.2, 0.25) is 0 Å². The number of nitrogens with zero attached hydrogens (tertiary/aromatic N) is 2. The minimum Gasteiger partial charge on any atom is -0.392 e. The van der Waals surface area contributed by atoms with Crippen LogP contribution in [0.3, 0.4) is 0 Å². The number of rotatable bonds is 4. The number of β-amino-alcohol motifs (C(OH)–C–C–N with tert-alkyl or cyclic N) is 1. The number of pyridine rings is 1. The summed E-state index contributed by atoms with van der Waals surface area (Å²) in [6, 6.07) is 13.7. The number of fused-ring (bicyclic) bond motifs is 1. The van der Waals surface area contributed by atoms with Crippen molar-refractivity contribution < 1.29 is 9.90 Å². The first-order valence-corrected chi connectivity index (χ1v) is 10.4. The zero-order chi connectivity index (χ0) is 21.7. The van der Waals surface area contributed by atoms with E-state index in [-0.39, 0.29) is 6.10 Å². The topological polar surface area (TPSA) is 81.2 Å². The summed E-state index contributed by atoms with van der Waals surface area (Å²) in [6.07, 6.45) is 1.42. The summed E-state index contributed by atoms with van der Waals surface area (Å²) in [6.45, 7) is 8.89. The summed E-state index contributed by atoms with van der Waals surface area (Å²) in [4.78, 5) is 20.9. The number of hydrogen-bond acceptors (Lipinski definition) is 5. The molecule has 3 heterocycles. The normalized spacial score (nSPS) is 17.0. The Morgan fingerprint density at radius 2 is 2.03 bits per heavy atom. The predicted octanol–water partition coefficient (Wildman–Crippen LogP) is 3.61. The third kappa shape index (κ3) is 5.98. The Balaban J connectivity index is 0.000000377. The Labute approximate surface area is 178 Å². The fraction of sp³-hybridized carbons (Fsp3) is 0.417. The molecule has 0 spiro atoms. The van der Waals surface area contributed by atoms with Crippen LogP contribution in [0.15, 0.2) is 42.5 Å². The van der Waals surface area contributed by atoms with Gasteiger partial charge in [0.25, 0.3) is 0 Å². The number of aliphatic hydroxyl groups is 1. The van der Waals surface area contributed by atoms with E-state index in [2.05, 4.69) is 53.1 Å². The van der Waals surface area contributed by atoms with E-state index in [1.165, 1.54) is 0 Å². The average molecular weight is 409 g/mol. The molecule has 30 heavy (non-hydrogen) atoms. The van der Waals surface area contributed by atoms with Crippen LogP contribution in [0.25, 0.3) is 22.2 Å². The van der Waals surface area contributed by atoms with Crippen molar-refractivity contribution in [1.29, 1.82) is 0 Å². The quantitative estimate of drug-likeness (QED) is 0.575. The number of aliphatic hydroxyl groups excluding tert-OH is 1. The van der Waals surface area contributed by atoms with Gasteiger partial charge in [0.1, 0.15) is 5.69 Å². The Morgan fingerprint density at radius 3 is 2.67 bits per heavy atom. The van der Waals surface area contributed by atoms with E-state index in [1.807, 2.05) is 31.3 Å². The third-order valence-electron chi connectivity index (χ3n) is 5.26. The minimum atomic E-state index is -0.197. The first-order valence-electron chi connectivity index (χ1n) is 10.4. The van der Waals surface area contributed by atoms with Gasteiger partial charge in [0, 0.05) is 47.3 Å². The van der Waals surface area contributed by atoms with Crippen LogP contribution < -0.4 is 5.32 Å². The van der Waals surface area contributed by atoms with Crippen molar-refractivity contribution >= 4 is 17.2 Å². The lowest BCUT2D eigenvalue weighted by Crippen LogP contribution is -2.31. The smallest absolute Gasteiger partial charge is 0.168 e. The van der Waals surface area contributed by atoms with Gasteiger partial charge in [-0.2, -0.15) is 0 Å². The molecule has 1 aliphatic heterocycles. The van der Waals surface area contributed by atoms with Crippen LogP contribution in [-0.2, 0) is 6.54 Å². The molecule has 1 aliphatic rings. The standard InChI is InChI=1S/C19H19N3O2.C5H13N/c23-12-15-2-1-3-18(20-15)13-4-5-19-14(8-13)9-16(21-19)10-22-7-6-17(24)11-22;1-5(2,3)6-4/h1-5,8-9,12,17,21,24H,6-7,10-11H2;6H,1-4H3. The lowest BCUT2D eigenvalue weighted by atomic mass is 10.1. The van der Waals surface area contributed by atoms with Gasteiger partial charge in [0.15, 0.2) is 6.29 Å². The number of aldehydes is 1. The Kier molecular flexibility index (Phi) is 7.02. The minimum absolute atomic E-state index is 0.197. The van der Waals surface area contributed by atoms with Crippen molar-refractivity contribution in [2.24, 2.45) is 0 Å². The highest BCUT2D eigenvalue weighted by molar-refractivity contribution is 5.85. The van der Waals surface area contributed by atoms with Crippen molar-refractivity contribution in [2.45, 2.75) is 45.4 Å². The summed E-state index contributed by atoms with van der Waals surface area (Å²) in [7, 11) is 1.96. The van der Waals surface area contributed by atoms with Crippen molar-refractivity contribution in [3.8, 4) is 11.3 Å². The molecule has 0 aliphatic carbocycles. The van der Waals surface area contributed by atoms with Crippen LogP contribution in [0, 0.1) is 0 Å². The van der Waals surface area contributed by atoms with Crippen molar-refractivity contribution in [3.05, 3.63) is 53.9 Å². The predicted molar refractivity (Wildman–Crippen MR) is 122 cm³/mol. The van der Waals surface area contributed by atoms with Gasteiger partial charge in [-0.1, -0.05) is 12.1 Å².